The maximum Gasteiger partial charge on any atom is 0.143 e. The summed E-state index contributed by atoms with van der Waals surface area (Å²) in [5.74, 6) is 0.861. The predicted molar refractivity (Wildman–Crippen MR) is 228 cm³/mol. The minimum Gasteiger partial charge on any atom is -0.455 e. The summed E-state index contributed by atoms with van der Waals surface area (Å²) in [5, 5.41) is 6.06. The SMILES string of the molecule is c1ccc(-c2c(-c3cccc(N(c4ccc(-c5cccc6ccccc56)cc4)c4cccc(-c5cccc6ccccc56)c4)c3)oc3ccccc23)cc1. The van der Waals surface area contributed by atoms with Crippen LogP contribution in [0.3, 0.4) is 0 Å². The molecule has 1 heterocycles. The van der Waals surface area contributed by atoms with Gasteiger partial charge in [0.05, 0.1) is 0 Å². The van der Waals surface area contributed by atoms with Gasteiger partial charge in [-0.15, -0.1) is 0 Å². The molecule has 0 unspecified atom stereocenters. The van der Waals surface area contributed by atoms with Crippen LogP contribution in [0, 0.1) is 0 Å². The fourth-order valence-electron chi connectivity index (χ4n) is 7.93. The first-order valence-corrected chi connectivity index (χ1v) is 18.4. The zero-order chi connectivity index (χ0) is 35.8. The Morgan fingerprint density at radius 3 is 1.50 bits per heavy atom. The van der Waals surface area contributed by atoms with E-state index in [1.807, 2.05) is 6.07 Å². The van der Waals surface area contributed by atoms with Gasteiger partial charge < -0.3 is 9.32 Å². The summed E-state index contributed by atoms with van der Waals surface area (Å²) in [5.41, 5.74) is 12.1. The van der Waals surface area contributed by atoms with E-state index < -0.39 is 0 Å². The van der Waals surface area contributed by atoms with Crippen LogP contribution in [0.1, 0.15) is 0 Å². The number of nitrogens with zero attached hydrogens (tertiary/aromatic N) is 1. The molecule has 0 radical (unpaired) electrons. The van der Waals surface area contributed by atoms with Crippen LogP contribution in [0.25, 0.3) is 77.2 Å². The summed E-state index contributed by atoms with van der Waals surface area (Å²) in [6.07, 6.45) is 0. The highest BCUT2D eigenvalue weighted by Gasteiger charge is 2.20. The van der Waals surface area contributed by atoms with E-state index >= 15 is 0 Å². The first-order chi connectivity index (χ1) is 26.8. The smallest absolute Gasteiger partial charge is 0.143 e. The first kappa shape index (κ1) is 31.6. The molecule has 0 aliphatic rings. The standard InChI is InChI=1S/C52H35NO/c1-2-16-39(17-3-1)51-49-26-8-9-29-50(49)54-52(51)41-21-11-23-44(35-41)53(42-32-30-38(31-33-42)47-27-12-18-36-14-4-6-24-45(36)47)43-22-10-20-40(34-43)48-28-13-19-37-15-5-7-25-46(37)48/h1-35H. The largest absolute Gasteiger partial charge is 0.455 e. The van der Waals surface area contributed by atoms with E-state index in [9.17, 15) is 0 Å². The summed E-state index contributed by atoms with van der Waals surface area (Å²) in [6.45, 7) is 0. The second-order valence-electron chi connectivity index (χ2n) is 13.7. The number of para-hydroxylation sites is 1. The van der Waals surface area contributed by atoms with Crippen LogP contribution in [0.4, 0.5) is 17.1 Å². The molecule has 0 atom stereocenters. The Hall–Kier alpha value is -7.16. The van der Waals surface area contributed by atoms with Gasteiger partial charge in [-0.2, -0.15) is 0 Å². The summed E-state index contributed by atoms with van der Waals surface area (Å²) >= 11 is 0. The van der Waals surface area contributed by atoms with Crippen molar-refractivity contribution in [3.63, 3.8) is 0 Å². The van der Waals surface area contributed by atoms with Crippen LogP contribution < -0.4 is 4.90 Å². The predicted octanol–water partition coefficient (Wildman–Crippen LogP) is 14.9. The van der Waals surface area contributed by atoms with E-state index in [-0.39, 0.29) is 0 Å². The number of rotatable bonds is 7. The summed E-state index contributed by atoms with van der Waals surface area (Å²) < 4.78 is 6.68. The first-order valence-electron chi connectivity index (χ1n) is 18.4. The number of hydrogen-bond acceptors (Lipinski definition) is 2. The van der Waals surface area contributed by atoms with E-state index in [2.05, 4.69) is 211 Å². The van der Waals surface area contributed by atoms with Crippen LogP contribution in [0.15, 0.2) is 217 Å². The normalized spacial score (nSPS) is 11.3. The Bertz CT molecular complexity index is 2930. The van der Waals surface area contributed by atoms with Gasteiger partial charge in [0.2, 0.25) is 0 Å². The lowest BCUT2D eigenvalue weighted by atomic mass is 9.96. The third-order valence-corrected chi connectivity index (χ3v) is 10.5. The molecule has 0 amide bonds. The van der Waals surface area contributed by atoms with E-state index in [4.69, 9.17) is 4.42 Å². The van der Waals surface area contributed by atoms with E-state index in [1.165, 1.54) is 43.8 Å². The monoisotopic (exact) mass is 689 g/mol. The maximum atomic E-state index is 6.68. The molecule has 0 saturated heterocycles. The third kappa shape index (κ3) is 5.62. The molecule has 1 aromatic heterocycles. The number of benzene rings is 9. The van der Waals surface area contributed by atoms with Crippen molar-refractivity contribution < 1.29 is 4.42 Å². The average molecular weight is 690 g/mol. The van der Waals surface area contributed by atoms with Gasteiger partial charge in [-0.05, 0) is 91.8 Å². The lowest BCUT2D eigenvalue weighted by Crippen LogP contribution is -2.10. The summed E-state index contributed by atoms with van der Waals surface area (Å²) in [7, 11) is 0. The lowest BCUT2D eigenvalue weighted by molar-refractivity contribution is 0.632. The van der Waals surface area contributed by atoms with Crippen molar-refractivity contribution in [3.05, 3.63) is 212 Å². The second kappa shape index (κ2) is 13.4. The number of furan rings is 1. The Labute approximate surface area is 314 Å². The van der Waals surface area contributed by atoms with Crippen molar-refractivity contribution in [2.45, 2.75) is 0 Å². The van der Waals surface area contributed by atoms with Gasteiger partial charge in [0, 0.05) is 33.6 Å². The Morgan fingerprint density at radius 1 is 0.315 bits per heavy atom. The molecule has 0 bridgehead atoms. The molecular weight excluding hydrogens is 655 g/mol. The highest BCUT2D eigenvalue weighted by Crippen LogP contribution is 2.44. The van der Waals surface area contributed by atoms with Gasteiger partial charge in [0.1, 0.15) is 11.3 Å². The lowest BCUT2D eigenvalue weighted by Gasteiger charge is -2.27. The number of anilines is 3. The maximum absolute atomic E-state index is 6.68. The van der Waals surface area contributed by atoms with Gasteiger partial charge in [0.15, 0.2) is 0 Å². The Kier molecular flexibility index (Phi) is 7.85. The van der Waals surface area contributed by atoms with Crippen molar-refractivity contribution in [1.29, 1.82) is 0 Å². The van der Waals surface area contributed by atoms with Crippen LogP contribution in [0.5, 0.6) is 0 Å². The van der Waals surface area contributed by atoms with E-state index in [1.54, 1.807) is 0 Å². The highest BCUT2D eigenvalue weighted by atomic mass is 16.3. The number of fused-ring (bicyclic) bond motifs is 3. The molecule has 254 valence electrons. The molecule has 0 fully saturated rings. The van der Waals surface area contributed by atoms with Crippen LogP contribution >= 0.6 is 0 Å². The van der Waals surface area contributed by atoms with Crippen molar-refractivity contribution in [3.8, 4) is 44.7 Å². The molecule has 0 N–H and O–H groups in total. The molecule has 0 saturated carbocycles. The molecule has 9 aromatic carbocycles. The molecule has 0 aliphatic carbocycles. The molecule has 2 nitrogen and oxygen atoms in total. The topological polar surface area (TPSA) is 16.4 Å². The van der Waals surface area contributed by atoms with Crippen molar-refractivity contribution in [2.75, 3.05) is 4.90 Å². The fourth-order valence-corrected chi connectivity index (χ4v) is 7.93. The Balaban J connectivity index is 1.14. The molecule has 2 heteroatoms. The quantitative estimate of drug-likeness (QED) is 0.166. The number of hydrogen-bond donors (Lipinski definition) is 0. The molecule has 0 spiro atoms. The van der Waals surface area contributed by atoms with E-state index in [0.717, 1.165) is 50.5 Å². The second-order valence-corrected chi connectivity index (χ2v) is 13.7. The zero-order valence-corrected chi connectivity index (χ0v) is 29.6. The van der Waals surface area contributed by atoms with Crippen LogP contribution in [0.2, 0.25) is 0 Å². The molecule has 0 aliphatic heterocycles. The molecular formula is C52H35NO. The fraction of sp³-hybridized carbons (Fsp3) is 0. The van der Waals surface area contributed by atoms with Gasteiger partial charge in [-0.1, -0.05) is 170 Å². The summed E-state index contributed by atoms with van der Waals surface area (Å²) in [6, 6.07) is 75.8. The van der Waals surface area contributed by atoms with Gasteiger partial charge in [-0.25, -0.2) is 0 Å². The van der Waals surface area contributed by atoms with Gasteiger partial charge in [-0.3, -0.25) is 0 Å². The minimum absolute atomic E-state index is 0.861. The van der Waals surface area contributed by atoms with Crippen molar-refractivity contribution >= 4 is 49.6 Å². The minimum atomic E-state index is 0.861. The van der Waals surface area contributed by atoms with Crippen LogP contribution in [-0.4, -0.2) is 0 Å². The van der Waals surface area contributed by atoms with Gasteiger partial charge >= 0.3 is 0 Å². The van der Waals surface area contributed by atoms with Crippen LogP contribution in [-0.2, 0) is 0 Å². The van der Waals surface area contributed by atoms with Crippen molar-refractivity contribution in [2.24, 2.45) is 0 Å². The Morgan fingerprint density at radius 2 is 0.815 bits per heavy atom. The average Bonchev–Trinajstić information content (AvgIpc) is 3.64. The van der Waals surface area contributed by atoms with Crippen molar-refractivity contribution in [1.82, 2.24) is 0 Å². The molecule has 54 heavy (non-hydrogen) atoms. The third-order valence-electron chi connectivity index (χ3n) is 10.5. The summed E-state index contributed by atoms with van der Waals surface area (Å²) in [4.78, 5) is 2.36. The highest BCUT2D eigenvalue weighted by molar-refractivity contribution is 6.03. The van der Waals surface area contributed by atoms with E-state index in [0.29, 0.717) is 0 Å². The molecule has 10 aromatic rings. The zero-order valence-electron chi connectivity index (χ0n) is 29.6. The van der Waals surface area contributed by atoms with Gasteiger partial charge in [0.25, 0.3) is 0 Å². The molecule has 10 rings (SSSR count).